The molecule has 35 heavy (non-hydrogen) atoms. The topological polar surface area (TPSA) is 92.4 Å². The minimum Gasteiger partial charge on any atom is -0.369 e. The van der Waals surface area contributed by atoms with Gasteiger partial charge in [-0.05, 0) is 89.1 Å². The molecule has 1 aromatic carbocycles. The molecule has 1 aromatic heterocycles. The lowest BCUT2D eigenvalue weighted by atomic mass is 9.93. The van der Waals surface area contributed by atoms with E-state index < -0.39 is 0 Å². The number of nitrogens with zero attached hydrogens (tertiary/aromatic N) is 4. The Morgan fingerprint density at radius 2 is 1.74 bits per heavy atom. The summed E-state index contributed by atoms with van der Waals surface area (Å²) < 4.78 is 0. The molecule has 0 saturated carbocycles. The first-order chi connectivity index (χ1) is 16.8. The predicted molar refractivity (Wildman–Crippen MR) is 137 cm³/mol. The number of benzene rings is 1. The Kier molecular flexibility index (Phi) is 8.39. The minimum absolute atomic E-state index is 0.00497. The summed E-state index contributed by atoms with van der Waals surface area (Å²) in [7, 11) is 0. The van der Waals surface area contributed by atoms with Crippen LogP contribution < -0.4 is 5.73 Å². The number of halogens is 1. The van der Waals surface area contributed by atoms with E-state index in [9.17, 15) is 9.59 Å². The van der Waals surface area contributed by atoms with Crippen molar-refractivity contribution in [3.63, 3.8) is 0 Å². The van der Waals surface area contributed by atoms with E-state index in [0.29, 0.717) is 11.7 Å². The molecule has 3 heterocycles. The van der Waals surface area contributed by atoms with E-state index in [1.165, 1.54) is 11.9 Å². The second-order valence-electron chi connectivity index (χ2n) is 9.97. The molecule has 2 N–H and O–H groups in total. The van der Waals surface area contributed by atoms with Crippen molar-refractivity contribution >= 4 is 23.4 Å². The maximum Gasteiger partial charge on any atom is 0.272 e. The normalized spacial score (nSPS) is 18.1. The van der Waals surface area contributed by atoms with E-state index in [4.69, 9.17) is 17.3 Å². The lowest BCUT2D eigenvalue weighted by Crippen LogP contribution is -2.50. The number of likely N-dealkylation sites (tertiary alicyclic amines) is 2. The van der Waals surface area contributed by atoms with Crippen LogP contribution in [0.1, 0.15) is 65.0 Å². The lowest BCUT2D eigenvalue weighted by molar-refractivity contribution is -0.123. The van der Waals surface area contributed by atoms with Gasteiger partial charge in [-0.1, -0.05) is 23.7 Å². The number of hydrogen-bond acceptors (Lipinski definition) is 5. The minimum atomic E-state index is -0.176. The number of rotatable bonds is 7. The van der Waals surface area contributed by atoms with E-state index in [1.807, 2.05) is 24.8 Å². The summed E-state index contributed by atoms with van der Waals surface area (Å²) >= 11 is 6.13. The Bertz CT molecular complexity index is 1060. The summed E-state index contributed by atoms with van der Waals surface area (Å²) in [6.07, 6.45) is 7.80. The van der Waals surface area contributed by atoms with Crippen LogP contribution in [0.3, 0.4) is 0 Å². The zero-order valence-electron chi connectivity index (χ0n) is 20.8. The Morgan fingerprint density at radius 1 is 1.03 bits per heavy atom. The van der Waals surface area contributed by atoms with Gasteiger partial charge < -0.3 is 15.5 Å². The number of aryl methyl sites for hydroxylation is 3. The zero-order chi connectivity index (χ0) is 24.9. The van der Waals surface area contributed by atoms with Crippen LogP contribution in [-0.2, 0) is 17.6 Å². The quantitative estimate of drug-likeness (QED) is 0.629. The SMILES string of the molecule is Cc1cc(CCCc2ncnc(C(=O)N3CCC(N4CCC(C(N)=O)CC4)CC3)c2C)ccc1Cl. The van der Waals surface area contributed by atoms with Crippen molar-refractivity contribution in [2.45, 2.75) is 64.8 Å². The number of piperidine rings is 2. The van der Waals surface area contributed by atoms with Gasteiger partial charge in [-0.3, -0.25) is 9.59 Å². The number of nitrogens with two attached hydrogens (primary N) is 1. The molecule has 2 aliphatic heterocycles. The van der Waals surface area contributed by atoms with Crippen LogP contribution in [0.15, 0.2) is 24.5 Å². The smallest absolute Gasteiger partial charge is 0.272 e. The fourth-order valence-electron chi connectivity index (χ4n) is 5.41. The van der Waals surface area contributed by atoms with Gasteiger partial charge in [-0.2, -0.15) is 0 Å². The third-order valence-corrected chi connectivity index (χ3v) is 8.12. The average Bonchev–Trinajstić information content (AvgIpc) is 2.87. The van der Waals surface area contributed by atoms with Crippen LogP contribution in [0.5, 0.6) is 0 Å². The van der Waals surface area contributed by atoms with E-state index in [0.717, 1.165) is 93.0 Å². The highest BCUT2D eigenvalue weighted by Crippen LogP contribution is 2.25. The molecule has 0 aliphatic carbocycles. The van der Waals surface area contributed by atoms with Gasteiger partial charge in [0.05, 0.1) is 0 Å². The summed E-state index contributed by atoms with van der Waals surface area (Å²) in [5.74, 6) is -0.159. The highest BCUT2D eigenvalue weighted by Gasteiger charge is 2.32. The number of carbonyl (C=O) groups is 2. The zero-order valence-corrected chi connectivity index (χ0v) is 21.6. The van der Waals surface area contributed by atoms with Crippen LogP contribution in [0.4, 0.5) is 0 Å². The Morgan fingerprint density at radius 3 is 2.40 bits per heavy atom. The molecular formula is C27H36ClN5O2. The van der Waals surface area contributed by atoms with Crippen LogP contribution in [0.25, 0.3) is 0 Å². The molecular weight excluding hydrogens is 462 g/mol. The summed E-state index contributed by atoms with van der Waals surface area (Å²) in [5, 5.41) is 0.792. The third-order valence-electron chi connectivity index (χ3n) is 7.69. The molecule has 0 radical (unpaired) electrons. The van der Waals surface area contributed by atoms with Crippen molar-refractivity contribution in [2.75, 3.05) is 26.2 Å². The molecule has 2 fully saturated rings. The van der Waals surface area contributed by atoms with Gasteiger partial charge in [0.2, 0.25) is 5.91 Å². The number of aromatic nitrogens is 2. The summed E-state index contributed by atoms with van der Waals surface area (Å²) in [6, 6.07) is 6.62. The molecule has 188 valence electrons. The van der Waals surface area contributed by atoms with Crippen molar-refractivity contribution < 1.29 is 9.59 Å². The van der Waals surface area contributed by atoms with Gasteiger partial charge in [-0.25, -0.2) is 9.97 Å². The second kappa shape index (κ2) is 11.5. The maximum atomic E-state index is 13.3. The van der Waals surface area contributed by atoms with Crippen molar-refractivity contribution in [2.24, 2.45) is 11.7 Å². The third kappa shape index (κ3) is 6.19. The fourth-order valence-corrected chi connectivity index (χ4v) is 5.53. The van der Waals surface area contributed by atoms with Gasteiger partial charge in [0.15, 0.2) is 0 Å². The highest BCUT2D eigenvalue weighted by molar-refractivity contribution is 6.31. The van der Waals surface area contributed by atoms with Gasteiger partial charge in [-0.15, -0.1) is 0 Å². The number of amides is 2. The first-order valence-corrected chi connectivity index (χ1v) is 13.1. The van der Waals surface area contributed by atoms with Gasteiger partial charge in [0.1, 0.15) is 12.0 Å². The molecule has 2 amide bonds. The van der Waals surface area contributed by atoms with Crippen LogP contribution in [0, 0.1) is 19.8 Å². The molecule has 0 atom stereocenters. The van der Waals surface area contributed by atoms with Crippen LogP contribution in [-0.4, -0.2) is 63.8 Å². The van der Waals surface area contributed by atoms with Crippen molar-refractivity contribution in [1.29, 1.82) is 0 Å². The number of primary amides is 1. The van der Waals surface area contributed by atoms with Crippen LogP contribution in [0.2, 0.25) is 5.02 Å². The van der Waals surface area contributed by atoms with Crippen LogP contribution >= 0.6 is 11.6 Å². The largest absolute Gasteiger partial charge is 0.369 e. The Hall–Kier alpha value is -2.51. The lowest BCUT2D eigenvalue weighted by Gasteiger charge is -2.41. The van der Waals surface area contributed by atoms with E-state index in [2.05, 4.69) is 27.0 Å². The number of hydrogen-bond donors (Lipinski definition) is 1. The molecule has 2 aliphatic rings. The molecule has 7 nitrogen and oxygen atoms in total. The maximum absolute atomic E-state index is 13.3. The molecule has 0 bridgehead atoms. The van der Waals surface area contributed by atoms with E-state index >= 15 is 0 Å². The average molecular weight is 498 g/mol. The van der Waals surface area contributed by atoms with Gasteiger partial charge in [0.25, 0.3) is 5.91 Å². The van der Waals surface area contributed by atoms with Crippen molar-refractivity contribution in [3.05, 3.63) is 57.6 Å². The van der Waals surface area contributed by atoms with Gasteiger partial charge in [0, 0.05) is 41.3 Å². The fraction of sp³-hybridized carbons (Fsp3) is 0.556. The summed E-state index contributed by atoms with van der Waals surface area (Å²) in [6.45, 7) is 7.27. The van der Waals surface area contributed by atoms with E-state index in [1.54, 1.807) is 0 Å². The highest BCUT2D eigenvalue weighted by atomic mass is 35.5. The molecule has 2 saturated heterocycles. The molecule has 8 heteroatoms. The van der Waals surface area contributed by atoms with Crippen molar-refractivity contribution in [1.82, 2.24) is 19.8 Å². The van der Waals surface area contributed by atoms with Gasteiger partial charge >= 0.3 is 0 Å². The predicted octanol–water partition coefficient (Wildman–Crippen LogP) is 3.72. The molecule has 0 unspecified atom stereocenters. The molecule has 2 aromatic rings. The Labute approximate surface area is 213 Å². The molecule has 4 rings (SSSR count). The van der Waals surface area contributed by atoms with E-state index in [-0.39, 0.29) is 17.7 Å². The van der Waals surface area contributed by atoms with Crippen molar-refractivity contribution in [3.8, 4) is 0 Å². The monoisotopic (exact) mass is 497 g/mol. The standard InChI is InChI=1S/C27H36ClN5O2/c1-18-16-20(6-7-23(18)28)4-3-5-24-19(2)25(31-17-30-24)27(35)33-14-10-22(11-15-33)32-12-8-21(9-13-32)26(29)34/h6-7,16-17,21-22H,3-5,8-15H2,1-2H3,(H2,29,34). The first-order valence-electron chi connectivity index (χ1n) is 12.7. The molecule has 0 spiro atoms. The first kappa shape index (κ1) is 25.6. The summed E-state index contributed by atoms with van der Waals surface area (Å²) in [4.78, 5) is 38.0. The summed E-state index contributed by atoms with van der Waals surface area (Å²) in [5.41, 5.74) is 10.2. The Balaban J connectivity index is 1.30. The second-order valence-corrected chi connectivity index (χ2v) is 10.4. The number of carbonyl (C=O) groups excluding carboxylic acids is 2.